The maximum atomic E-state index is 13.8. The van der Waals surface area contributed by atoms with Gasteiger partial charge in [0.05, 0.1) is 25.1 Å². The van der Waals surface area contributed by atoms with E-state index >= 15 is 0 Å². The molecule has 178 valence electrons. The molecule has 8 heteroatoms. The monoisotopic (exact) mass is 496 g/mol. The summed E-state index contributed by atoms with van der Waals surface area (Å²) in [5.74, 6) is 1.58. The van der Waals surface area contributed by atoms with Crippen molar-refractivity contribution >= 4 is 34.5 Å². The highest BCUT2D eigenvalue weighted by Gasteiger charge is 2.38. The van der Waals surface area contributed by atoms with Crippen molar-refractivity contribution < 1.29 is 19.1 Å². The maximum absolute atomic E-state index is 13.8. The van der Waals surface area contributed by atoms with Gasteiger partial charge in [-0.05, 0) is 65.4 Å². The molecule has 0 bridgehead atoms. The molecule has 1 unspecified atom stereocenters. The van der Waals surface area contributed by atoms with Gasteiger partial charge in [0, 0.05) is 30.4 Å². The molecule has 0 spiro atoms. The van der Waals surface area contributed by atoms with Crippen molar-refractivity contribution in [2.45, 2.75) is 25.3 Å². The highest BCUT2D eigenvalue weighted by molar-refractivity contribution is 7.12. The number of carbonyl (C=O) groups excluding carboxylic acids is 2. The number of likely N-dealkylation sites (tertiary alicyclic amines) is 1. The Labute approximate surface area is 207 Å². The average molecular weight is 497 g/mol. The lowest BCUT2D eigenvalue weighted by atomic mass is 9.88. The molecule has 6 nitrogen and oxygen atoms in total. The highest BCUT2D eigenvalue weighted by Crippen LogP contribution is 2.43. The lowest BCUT2D eigenvalue weighted by molar-refractivity contribution is -0.139. The lowest BCUT2D eigenvalue weighted by Gasteiger charge is -2.41. The summed E-state index contributed by atoms with van der Waals surface area (Å²) < 4.78 is 11.1. The van der Waals surface area contributed by atoms with Gasteiger partial charge in [0.2, 0.25) is 5.91 Å². The summed E-state index contributed by atoms with van der Waals surface area (Å²) in [7, 11) is 3.29. The Bertz CT molecular complexity index is 1150. The summed E-state index contributed by atoms with van der Waals surface area (Å²) in [6.45, 7) is 1.90. The number of amides is 2. The molecule has 3 aromatic rings. The zero-order chi connectivity index (χ0) is 23.7. The molecular formula is C26H28N2O4S2. The fraction of sp³-hybridized carbons (Fsp3) is 0.385. The molecule has 34 heavy (non-hydrogen) atoms. The van der Waals surface area contributed by atoms with E-state index in [-0.39, 0.29) is 23.8 Å². The third-order valence-electron chi connectivity index (χ3n) is 6.83. The Morgan fingerprint density at radius 2 is 1.65 bits per heavy atom. The molecule has 0 aliphatic carbocycles. The van der Waals surface area contributed by atoms with Crippen LogP contribution in [-0.2, 0) is 11.2 Å². The Kier molecular flexibility index (Phi) is 6.61. The fourth-order valence-electron chi connectivity index (χ4n) is 5.06. The highest BCUT2D eigenvalue weighted by atomic mass is 32.1. The quantitative estimate of drug-likeness (QED) is 0.507. The fourth-order valence-corrected chi connectivity index (χ4v) is 6.60. The van der Waals surface area contributed by atoms with E-state index in [1.807, 2.05) is 45.5 Å². The summed E-state index contributed by atoms with van der Waals surface area (Å²) >= 11 is 3.14. The van der Waals surface area contributed by atoms with Crippen molar-refractivity contribution in [3.63, 3.8) is 0 Å². The van der Waals surface area contributed by atoms with E-state index < -0.39 is 0 Å². The molecule has 2 aromatic heterocycles. The summed E-state index contributed by atoms with van der Waals surface area (Å²) in [6, 6.07) is 11.8. The van der Waals surface area contributed by atoms with Crippen LogP contribution in [0.4, 0.5) is 0 Å². The van der Waals surface area contributed by atoms with Crippen LogP contribution < -0.4 is 9.47 Å². The van der Waals surface area contributed by atoms with Gasteiger partial charge in [-0.1, -0.05) is 12.1 Å². The minimum atomic E-state index is -0.137. The lowest BCUT2D eigenvalue weighted by Crippen LogP contribution is -2.47. The van der Waals surface area contributed by atoms with Crippen LogP contribution in [0.5, 0.6) is 11.5 Å². The number of fused-ring (bicyclic) bond motifs is 1. The summed E-state index contributed by atoms with van der Waals surface area (Å²) in [4.78, 5) is 32.4. The van der Waals surface area contributed by atoms with Crippen molar-refractivity contribution in [1.29, 1.82) is 0 Å². The van der Waals surface area contributed by atoms with Crippen LogP contribution in [0.25, 0.3) is 0 Å². The number of rotatable bonds is 5. The van der Waals surface area contributed by atoms with Crippen molar-refractivity contribution in [3.8, 4) is 11.5 Å². The predicted molar refractivity (Wildman–Crippen MR) is 134 cm³/mol. The van der Waals surface area contributed by atoms with Crippen LogP contribution in [0.2, 0.25) is 0 Å². The molecule has 4 heterocycles. The van der Waals surface area contributed by atoms with Crippen molar-refractivity contribution in [3.05, 3.63) is 68.0 Å². The first-order chi connectivity index (χ1) is 16.6. The molecule has 2 aliphatic heterocycles. The standard InChI is InChI=1S/C26H28N2O4S2/c1-31-20-15-18-9-12-28(24(22-5-3-13-33-22)19(18)16-21(20)32-2)25(29)17-7-10-27(11-8-17)26(30)23-6-4-14-34-23/h3-6,13-17,24H,7-12H2,1-2H3. The minimum Gasteiger partial charge on any atom is -0.493 e. The predicted octanol–water partition coefficient (Wildman–Crippen LogP) is 4.85. The van der Waals surface area contributed by atoms with E-state index in [2.05, 4.69) is 11.4 Å². The second-order valence-corrected chi connectivity index (χ2v) is 10.6. The Hall–Kier alpha value is -2.84. The van der Waals surface area contributed by atoms with E-state index in [1.165, 1.54) is 16.9 Å². The molecule has 1 atom stereocenters. The number of hydrogen-bond acceptors (Lipinski definition) is 6. The van der Waals surface area contributed by atoms with Gasteiger partial charge in [-0.15, -0.1) is 22.7 Å². The zero-order valence-corrected chi connectivity index (χ0v) is 21.0. The largest absolute Gasteiger partial charge is 0.493 e. The molecule has 2 amide bonds. The van der Waals surface area contributed by atoms with Gasteiger partial charge >= 0.3 is 0 Å². The van der Waals surface area contributed by atoms with Gasteiger partial charge in [0.25, 0.3) is 5.91 Å². The third kappa shape index (κ3) is 4.20. The summed E-state index contributed by atoms with van der Waals surface area (Å²) in [6.07, 6.45) is 2.17. The van der Waals surface area contributed by atoms with Crippen molar-refractivity contribution in [2.24, 2.45) is 5.92 Å². The van der Waals surface area contributed by atoms with E-state index in [4.69, 9.17) is 9.47 Å². The second-order valence-electron chi connectivity index (χ2n) is 8.65. The molecular weight excluding hydrogens is 468 g/mol. The van der Waals surface area contributed by atoms with E-state index in [0.717, 1.165) is 21.7 Å². The number of nitrogens with zero attached hydrogens (tertiary/aromatic N) is 2. The molecule has 1 aromatic carbocycles. The Balaban J connectivity index is 1.38. The third-order valence-corrected chi connectivity index (χ3v) is 8.62. The van der Waals surface area contributed by atoms with Gasteiger partial charge < -0.3 is 19.3 Å². The maximum Gasteiger partial charge on any atom is 0.263 e. The smallest absolute Gasteiger partial charge is 0.263 e. The molecule has 5 rings (SSSR count). The van der Waals surface area contributed by atoms with Gasteiger partial charge in [-0.25, -0.2) is 0 Å². The number of methoxy groups -OCH3 is 2. The van der Waals surface area contributed by atoms with Crippen LogP contribution in [0.15, 0.2) is 47.2 Å². The molecule has 1 saturated heterocycles. The summed E-state index contributed by atoms with van der Waals surface area (Å²) in [5.41, 5.74) is 2.29. The summed E-state index contributed by atoms with van der Waals surface area (Å²) in [5, 5.41) is 3.98. The van der Waals surface area contributed by atoms with Crippen LogP contribution in [0.1, 0.15) is 44.6 Å². The number of ether oxygens (including phenoxy) is 2. The zero-order valence-electron chi connectivity index (χ0n) is 19.4. The molecule has 2 aliphatic rings. The normalized spacial score (nSPS) is 18.5. The Morgan fingerprint density at radius 1 is 0.941 bits per heavy atom. The van der Waals surface area contributed by atoms with Crippen molar-refractivity contribution in [2.75, 3.05) is 33.9 Å². The van der Waals surface area contributed by atoms with Gasteiger partial charge in [-0.2, -0.15) is 0 Å². The van der Waals surface area contributed by atoms with E-state index in [9.17, 15) is 9.59 Å². The molecule has 0 radical (unpaired) electrons. The first-order valence-corrected chi connectivity index (χ1v) is 13.3. The van der Waals surface area contributed by atoms with Gasteiger partial charge in [-0.3, -0.25) is 9.59 Å². The van der Waals surface area contributed by atoms with Gasteiger partial charge in [0.15, 0.2) is 11.5 Å². The van der Waals surface area contributed by atoms with Crippen LogP contribution >= 0.6 is 22.7 Å². The number of piperidine rings is 1. The van der Waals surface area contributed by atoms with E-state index in [1.54, 1.807) is 25.6 Å². The molecule has 0 saturated carbocycles. The first kappa shape index (κ1) is 22.9. The molecule has 1 fully saturated rings. The average Bonchev–Trinajstić information content (AvgIpc) is 3.61. The molecule has 0 N–H and O–H groups in total. The van der Waals surface area contributed by atoms with Crippen LogP contribution in [-0.4, -0.2) is 55.5 Å². The minimum absolute atomic E-state index is 0.0726. The topological polar surface area (TPSA) is 59.1 Å². The van der Waals surface area contributed by atoms with Gasteiger partial charge in [0.1, 0.15) is 0 Å². The number of benzene rings is 1. The number of hydrogen-bond donors (Lipinski definition) is 0. The number of thiophene rings is 2. The van der Waals surface area contributed by atoms with Crippen LogP contribution in [0, 0.1) is 5.92 Å². The number of carbonyl (C=O) groups is 2. The van der Waals surface area contributed by atoms with Crippen molar-refractivity contribution in [1.82, 2.24) is 9.80 Å². The Morgan fingerprint density at radius 3 is 2.29 bits per heavy atom. The van der Waals surface area contributed by atoms with Crippen LogP contribution in [0.3, 0.4) is 0 Å². The SMILES string of the molecule is COc1cc2c(cc1OC)C(c1cccs1)N(C(=O)C1CCN(C(=O)c3cccs3)CC1)CC2. The van der Waals surface area contributed by atoms with E-state index in [0.29, 0.717) is 44.0 Å². The first-order valence-electron chi connectivity index (χ1n) is 11.5. The second kappa shape index (κ2) is 9.80.